The van der Waals surface area contributed by atoms with Gasteiger partial charge in [-0.1, -0.05) is 0 Å². The van der Waals surface area contributed by atoms with Crippen LogP contribution in [0.5, 0.6) is 11.5 Å². The summed E-state index contributed by atoms with van der Waals surface area (Å²) in [6.07, 6.45) is 3.88. The van der Waals surface area contributed by atoms with Crippen molar-refractivity contribution < 1.29 is 23.8 Å². The first-order chi connectivity index (χ1) is 18.6. The molecule has 0 radical (unpaired) electrons. The van der Waals surface area contributed by atoms with E-state index in [1.807, 2.05) is 54.5 Å². The Labute approximate surface area is 244 Å². The van der Waals surface area contributed by atoms with E-state index in [2.05, 4.69) is 26.2 Å². The SMILES string of the molecule is Cc1cc(C)c(N(C)C(=O)c2cc(Br)c3c(c2C)OC(C)(C[C@H]2CC[C@@H](NC(=O)OC(C)(C)C)CC2)O3)c(=O)[nH]1. The maximum Gasteiger partial charge on any atom is 0.407 e. The average Bonchev–Trinajstić information content (AvgIpc) is 3.18. The van der Waals surface area contributed by atoms with E-state index in [1.54, 1.807) is 13.1 Å². The number of carbonyl (C=O) groups excluding carboxylic acids is 2. The zero-order valence-corrected chi connectivity index (χ0v) is 26.2. The number of hydrogen-bond acceptors (Lipinski definition) is 6. The van der Waals surface area contributed by atoms with Gasteiger partial charge in [0.2, 0.25) is 5.79 Å². The summed E-state index contributed by atoms with van der Waals surface area (Å²) in [5.41, 5.74) is 2.02. The number of anilines is 1. The van der Waals surface area contributed by atoms with Gasteiger partial charge in [0.15, 0.2) is 11.5 Å². The lowest BCUT2D eigenvalue weighted by Gasteiger charge is -2.33. The number of aromatic nitrogens is 1. The summed E-state index contributed by atoms with van der Waals surface area (Å²) < 4.78 is 18.8. The Kier molecular flexibility index (Phi) is 8.32. The van der Waals surface area contributed by atoms with Gasteiger partial charge in [0.1, 0.15) is 11.3 Å². The molecule has 0 saturated heterocycles. The second kappa shape index (κ2) is 11.1. The van der Waals surface area contributed by atoms with Gasteiger partial charge >= 0.3 is 6.09 Å². The molecule has 1 aliphatic heterocycles. The van der Waals surface area contributed by atoms with Gasteiger partial charge in [-0.3, -0.25) is 9.59 Å². The van der Waals surface area contributed by atoms with Crippen LogP contribution in [0.4, 0.5) is 10.5 Å². The lowest BCUT2D eigenvalue weighted by molar-refractivity contribution is -0.0835. The molecule has 0 bridgehead atoms. The smallest absolute Gasteiger partial charge is 0.407 e. The fourth-order valence-electron chi connectivity index (χ4n) is 5.73. The predicted octanol–water partition coefficient (Wildman–Crippen LogP) is 6.30. The van der Waals surface area contributed by atoms with E-state index in [0.29, 0.717) is 45.1 Å². The first-order valence-electron chi connectivity index (χ1n) is 13.8. The lowest BCUT2D eigenvalue weighted by atomic mass is 9.82. The Bertz CT molecular complexity index is 1370. The highest BCUT2D eigenvalue weighted by atomic mass is 79.9. The highest BCUT2D eigenvalue weighted by Crippen LogP contribution is 2.50. The molecule has 1 aliphatic carbocycles. The molecule has 40 heavy (non-hydrogen) atoms. The molecule has 1 atom stereocenters. The van der Waals surface area contributed by atoms with Crippen LogP contribution >= 0.6 is 15.9 Å². The molecule has 218 valence electrons. The Balaban J connectivity index is 1.44. The molecule has 2 N–H and O–H groups in total. The summed E-state index contributed by atoms with van der Waals surface area (Å²) >= 11 is 3.58. The number of H-pyrrole nitrogens is 1. The van der Waals surface area contributed by atoms with Crippen molar-refractivity contribution >= 4 is 33.6 Å². The number of halogens is 1. The van der Waals surface area contributed by atoms with Crippen LogP contribution in [0, 0.1) is 26.7 Å². The van der Waals surface area contributed by atoms with E-state index >= 15 is 0 Å². The van der Waals surface area contributed by atoms with Crippen molar-refractivity contribution in [2.45, 2.75) is 98.0 Å². The average molecular weight is 619 g/mol. The molecule has 1 aromatic heterocycles. The summed E-state index contributed by atoms with van der Waals surface area (Å²) in [5.74, 6) is 0.265. The first kappa shape index (κ1) is 30.0. The molecule has 1 unspecified atom stereocenters. The van der Waals surface area contributed by atoms with Crippen LogP contribution in [-0.2, 0) is 4.74 Å². The van der Waals surface area contributed by atoms with Gasteiger partial charge in [-0.15, -0.1) is 0 Å². The van der Waals surface area contributed by atoms with Crippen molar-refractivity contribution in [2.75, 3.05) is 11.9 Å². The molecule has 1 fully saturated rings. The summed E-state index contributed by atoms with van der Waals surface area (Å²) in [7, 11) is 1.60. The molecule has 1 aromatic carbocycles. The van der Waals surface area contributed by atoms with Gasteiger partial charge < -0.3 is 29.4 Å². The maximum absolute atomic E-state index is 13.6. The molecule has 1 saturated carbocycles. The van der Waals surface area contributed by atoms with Gasteiger partial charge in [-0.25, -0.2) is 4.79 Å². The number of pyridine rings is 1. The van der Waals surface area contributed by atoms with Crippen LogP contribution in [0.3, 0.4) is 0 Å². The summed E-state index contributed by atoms with van der Waals surface area (Å²) in [5, 5.41) is 2.99. The number of nitrogens with one attached hydrogen (secondary N) is 2. The molecule has 9 nitrogen and oxygen atoms in total. The Hall–Kier alpha value is -3.01. The van der Waals surface area contributed by atoms with Gasteiger partial charge in [0.25, 0.3) is 11.5 Å². The van der Waals surface area contributed by atoms with E-state index in [4.69, 9.17) is 14.2 Å². The quantitative estimate of drug-likeness (QED) is 0.407. The standard InChI is InChI=1S/C30H40BrN3O6/c1-16-13-17(2)32-26(35)23(16)34(8)27(36)21-14-22(31)25-24(18(21)3)38-30(7,39-25)15-19-9-11-20(12-10-19)33-28(37)40-29(4,5)6/h13-14,19-20H,9-12,15H2,1-8H3,(H,32,35)(H,33,37)/t19-,20+,30?. The summed E-state index contributed by atoms with van der Waals surface area (Å²) in [4.78, 5) is 42.5. The Morgan fingerprint density at radius 3 is 2.35 bits per heavy atom. The van der Waals surface area contributed by atoms with Crippen LogP contribution in [0.15, 0.2) is 21.4 Å². The van der Waals surface area contributed by atoms with Crippen molar-refractivity contribution in [1.29, 1.82) is 0 Å². The van der Waals surface area contributed by atoms with E-state index in [-0.39, 0.29) is 23.6 Å². The zero-order chi connectivity index (χ0) is 29.6. The lowest BCUT2D eigenvalue weighted by Crippen LogP contribution is -2.42. The van der Waals surface area contributed by atoms with Gasteiger partial charge in [-0.2, -0.15) is 0 Å². The molecule has 2 aliphatic rings. The number of benzene rings is 1. The van der Waals surface area contributed by atoms with E-state index < -0.39 is 11.4 Å². The van der Waals surface area contributed by atoms with E-state index in [9.17, 15) is 14.4 Å². The second-order valence-corrected chi connectivity index (χ2v) is 13.1. The number of nitrogens with zero attached hydrogens (tertiary/aromatic N) is 1. The fraction of sp³-hybridized carbons (Fsp3) is 0.567. The number of aromatic amines is 1. The zero-order valence-electron chi connectivity index (χ0n) is 24.6. The minimum absolute atomic E-state index is 0.0906. The van der Waals surface area contributed by atoms with Crippen molar-refractivity contribution in [1.82, 2.24) is 10.3 Å². The Morgan fingerprint density at radius 1 is 1.12 bits per heavy atom. The van der Waals surface area contributed by atoms with Crippen LogP contribution < -0.4 is 25.2 Å². The highest BCUT2D eigenvalue weighted by Gasteiger charge is 2.43. The number of hydrogen-bond donors (Lipinski definition) is 2. The Morgan fingerprint density at radius 2 is 1.75 bits per heavy atom. The van der Waals surface area contributed by atoms with Crippen LogP contribution in [0.1, 0.15) is 87.0 Å². The largest absolute Gasteiger partial charge is 0.448 e. The molecule has 10 heteroatoms. The van der Waals surface area contributed by atoms with Gasteiger partial charge in [0, 0.05) is 43.3 Å². The molecular weight excluding hydrogens is 578 g/mol. The number of alkyl carbamates (subject to hydrolysis) is 1. The third-order valence-electron chi connectivity index (χ3n) is 7.50. The normalized spacial score (nSPS) is 22.1. The van der Waals surface area contributed by atoms with Crippen molar-refractivity contribution in [3.8, 4) is 11.5 Å². The topological polar surface area (TPSA) is 110 Å². The van der Waals surface area contributed by atoms with Gasteiger partial charge in [-0.05, 0) is 107 Å². The number of carbonyl (C=O) groups is 2. The summed E-state index contributed by atoms with van der Waals surface area (Å²) in [6.45, 7) is 12.9. The van der Waals surface area contributed by atoms with E-state index in [1.165, 1.54) is 4.90 Å². The first-order valence-corrected chi connectivity index (χ1v) is 14.6. The molecule has 2 aromatic rings. The van der Waals surface area contributed by atoms with Crippen LogP contribution in [0.25, 0.3) is 0 Å². The summed E-state index contributed by atoms with van der Waals surface area (Å²) in [6, 6.07) is 3.66. The fourth-order valence-corrected chi connectivity index (χ4v) is 6.22. The van der Waals surface area contributed by atoms with Gasteiger partial charge in [0.05, 0.1) is 4.47 Å². The predicted molar refractivity (Wildman–Crippen MR) is 158 cm³/mol. The highest BCUT2D eigenvalue weighted by molar-refractivity contribution is 9.10. The molecule has 2 amide bonds. The van der Waals surface area contributed by atoms with Crippen LogP contribution in [0.2, 0.25) is 0 Å². The van der Waals surface area contributed by atoms with Crippen molar-refractivity contribution in [3.05, 3.63) is 49.3 Å². The number of amides is 2. The number of ether oxygens (including phenoxy) is 3. The number of aryl methyl sites for hydroxylation is 2. The second-order valence-electron chi connectivity index (χ2n) is 12.3. The minimum atomic E-state index is -0.885. The van der Waals surface area contributed by atoms with Crippen molar-refractivity contribution in [3.63, 3.8) is 0 Å². The number of fused-ring (bicyclic) bond motifs is 1. The van der Waals surface area contributed by atoms with Crippen LogP contribution in [-0.4, -0.2) is 41.5 Å². The molecule has 4 rings (SSSR count). The number of rotatable bonds is 5. The van der Waals surface area contributed by atoms with E-state index in [0.717, 1.165) is 36.9 Å². The van der Waals surface area contributed by atoms with Crippen molar-refractivity contribution in [2.24, 2.45) is 5.92 Å². The molecular formula is C30H40BrN3O6. The molecule has 0 spiro atoms. The molecule has 2 heterocycles. The third-order valence-corrected chi connectivity index (χ3v) is 8.09. The maximum atomic E-state index is 13.6. The monoisotopic (exact) mass is 617 g/mol. The minimum Gasteiger partial charge on any atom is -0.448 e. The third kappa shape index (κ3) is 6.48.